The molecule has 1 nitrogen and oxygen atoms in total. The lowest BCUT2D eigenvalue weighted by molar-refractivity contribution is 0.548. The summed E-state index contributed by atoms with van der Waals surface area (Å²) in [4.78, 5) is 13.5. The summed E-state index contributed by atoms with van der Waals surface area (Å²) < 4.78 is 0. The van der Waals surface area contributed by atoms with Gasteiger partial charge in [-0.05, 0) is 23.3 Å². The normalized spacial score (nSPS) is 14.0. The fourth-order valence-corrected chi connectivity index (χ4v) is 3.17. The van der Waals surface area contributed by atoms with Crippen LogP contribution in [0.3, 0.4) is 0 Å². The zero-order valence-electron chi connectivity index (χ0n) is 8.51. The molecule has 0 atom stereocenters. The standard InChI is InChI=1S/C14H9OS/c15-9-12-10-5-1-3-7-13(10)16-14-8-4-2-6-11(12)14/h1-8,12H. The summed E-state index contributed by atoms with van der Waals surface area (Å²) in [5, 5.41) is 0. The molecule has 1 radical (unpaired) electrons. The van der Waals surface area contributed by atoms with Crippen molar-refractivity contribution in [3.05, 3.63) is 59.7 Å². The Kier molecular flexibility index (Phi) is 2.29. The second-order valence-electron chi connectivity index (χ2n) is 3.73. The average molecular weight is 225 g/mol. The lowest BCUT2D eigenvalue weighted by Crippen LogP contribution is -2.09. The van der Waals surface area contributed by atoms with Gasteiger partial charge in [-0.15, -0.1) is 0 Å². The SMILES string of the molecule is O=[C]C1c2ccccc2Sc2ccccc21. The van der Waals surface area contributed by atoms with Gasteiger partial charge in [0.2, 0.25) is 6.29 Å². The van der Waals surface area contributed by atoms with Crippen LogP contribution in [0.25, 0.3) is 0 Å². The van der Waals surface area contributed by atoms with Gasteiger partial charge in [0.1, 0.15) is 0 Å². The molecule has 0 unspecified atom stereocenters. The number of fused-ring (bicyclic) bond motifs is 2. The molecular weight excluding hydrogens is 216 g/mol. The van der Waals surface area contributed by atoms with Crippen LogP contribution in [0.4, 0.5) is 0 Å². The van der Waals surface area contributed by atoms with Crippen LogP contribution in [0.15, 0.2) is 58.3 Å². The third-order valence-electron chi connectivity index (χ3n) is 2.80. The van der Waals surface area contributed by atoms with E-state index >= 15 is 0 Å². The maximum Gasteiger partial charge on any atom is 0.211 e. The highest BCUT2D eigenvalue weighted by Gasteiger charge is 2.25. The lowest BCUT2D eigenvalue weighted by atomic mass is 9.92. The average Bonchev–Trinajstić information content (AvgIpc) is 2.36. The Morgan fingerprint density at radius 1 is 0.875 bits per heavy atom. The summed E-state index contributed by atoms with van der Waals surface area (Å²) in [5.74, 6) is -0.228. The van der Waals surface area contributed by atoms with Crippen LogP contribution in [-0.2, 0) is 4.79 Å². The van der Waals surface area contributed by atoms with E-state index < -0.39 is 0 Å². The van der Waals surface area contributed by atoms with E-state index in [2.05, 4.69) is 18.4 Å². The van der Waals surface area contributed by atoms with E-state index in [4.69, 9.17) is 0 Å². The molecule has 1 heterocycles. The van der Waals surface area contributed by atoms with E-state index in [0.29, 0.717) is 0 Å². The van der Waals surface area contributed by atoms with Crippen molar-refractivity contribution in [2.75, 3.05) is 0 Å². The van der Waals surface area contributed by atoms with Gasteiger partial charge in [-0.25, -0.2) is 0 Å². The fourth-order valence-electron chi connectivity index (χ4n) is 2.04. The number of rotatable bonds is 1. The van der Waals surface area contributed by atoms with E-state index in [9.17, 15) is 4.79 Å². The predicted molar refractivity (Wildman–Crippen MR) is 64.5 cm³/mol. The van der Waals surface area contributed by atoms with Gasteiger partial charge in [-0.2, -0.15) is 0 Å². The molecule has 0 bridgehead atoms. The van der Waals surface area contributed by atoms with Crippen LogP contribution in [-0.4, -0.2) is 6.29 Å². The van der Waals surface area contributed by atoms with Crippen LogP contribution in [0.5, 0.6) is 0 Å². The van der Waals surface area contributed by atoms with Crippen molar-refractivity contribution in [3.8, 4) is 0 Å². The maximum atomic E-state index is 11.2. The zero-order chi connectivity index (χ0) is 11.0. The molecular formula is C14H9OS. The summed E-state index contributed by atoms with van der Waals surface area (Å²) in [5.41, 5.74) is 2.14. The van der Waals surface area contributed by atoms with Crippen molar-refractivity contribution in [1.29, 1.82) is 0 Å². The van der Waals surface area contributed by atoms with Gasteiger partial charge < -0.3 is 0 Å². The van der Waals surface area contributed by atoms with Crippen molar-refractivity contribution in [2.45, 2.75) is 15.7 Å². The molecule has 3 rings (SSSR count). The first-order valence-electron chi connectivity index (χ1n) is 5.13. The van der Waals surface area contributed by atoms with Crippen molar-refractivity contribution < 1.29 is 4.79 Å². The summed E-state index contributed by atoms with van der Waals surface area (Å²) >= 11 is 1.72. The highest BCUT2D eigenvalue weighted by atomic mass is 32.2. The van der Waals surface area contributed by atoms with Gasteiger partial charge in [0.15, 0.2) is 0 Å². The molecule has 0 saturated heterocycles. The van der Waals surface area contributed by atoms with Gasteiger partial charge >= 0.3 is 0 Å². The Labute approximate surface area is 98.5 Å². The molecule has 16 heavy (non-hydrogen) atoms. The molecule has 2 heteroatoms. The first-order valence-corrected chi connectivity index (χ1v) is 5.95. The Morgan fingerprint density at radius 3 is 1.88 bits per heavy atom. The molecule has 77 valence electrons. The molecule has 0 aliphatic carbocycles. The third kappa shape index (κ3) is 1.38. The predicted octanol–water partition coefficient (Wildman–Crippen LogP) is 3.39. The van der Waals surface area contributed by atoms with Crippen LogP contribution < -0.4 is 0 Å². The fraction of sp³-hybridized carbons (Fsp3) is 0.0714. The molecule has 0 aromatic heterocycles. The minimum Gasteiger partial charge on any atom is -0.290 e. The minimum atomic E-state index is -0.228. The summed E-state index contributed by atoms with van der Waals surface area (Å²) in [6.07, 6.45) is 2.15. The molecule has 0 amide bonds. The zero-order valence-corrected chi connectivity index (χ0v) is 9.33. The maximum absolute atomic E-state index is 11.2. The molecule has 2 aromatic rings. The molecule has 0 N–H and O–H groups in total. The van der Waals surface area contributed by atoms with Crippen LogP contribution in [0, 0.1) is 0 Å². The smallest absolute Gasteiger partial charge is 0.211 e. The minimum absolute atomic E-state index is 0.228. The van der Waals surface area contributed by atoms with E-state index in [1.807, 2.05) is 36.4 Å². The van der Waals surface area contributed by atoms with Gasteiger partial charge in [0, 0.05) is 9.79 Å². The first-order chi connectivity index (χ1) is 7.90. The molecule has 0 spiro atoms. The van der Waals surface area contributed by atoms with Crippen LogP contribution in [0.1, 0.15) is 17.0 Å². The van der Waals surface area contributed by atoms with Crippen molar-refractivity contribution in [2.24, 2.45) is 0 Å². The highest BCUT2D eigenvalue weighted by molar-refractivity contribution is 7.99. The molecule has 1 aliphatic heterocycles. The highest BCUT2D eigenvalue weighted by Crippen LogP contribution is 2.44. The van der Waals surface area contributed by atoms with E-state index in [1.165, 1.54) is 0 Å². The van der Waals surface area contributed by atoms with Crippen LogP contribution >= 0.6 is 11.8 Å². The van der Waals surface area contributed by atoms with Gasteiger partial charge in [-0.3, -0.25) is 4.79 Å². The molecule has 2 aromatic carbocycles. The molecule has 0 fully saturated rings. The van der Waals surface area contributed by atoms with Crippen molar-refractivity contribution in [1.82, 2.24) is 0 Å². The number of hydrogen-bond donors (Lipinski definition) is 0. The Balaban J connectivity index is 2.23. The monoisotopic (exact) mass is 225 g/mol. The Bertz CT molecular complexity index is 502. The molecule has 1 aliphatic rings. The quantitative estimate of drug-likeness (QED) is 0.740. The first kappa shape index (κ1) is 9.67. The number of carbonyl (C=O) groups excluding carboxylic acids is 1. The largest absolute Gasteiger partial charge is 0.290 e. The lowest BCUT2D eigenvalue weighted by Gasteiger charge is -2.23. The Morgan fingerprint density at radius 2 is 1.38 bits per heavy atom. The third-order valence-corrected chi connectivity index (χ3v) is 3.98. The summed E-state index contributed by atoms with van der Waals surface area (Å²) in [6.45, 7) is 0. The van der Waals surface area contributed by atoms with Crippen molar-refractivity contribution >= 4 is 18.0 Å². The second kappa shape index (κ2) is 3.80. The van der Waals surface area contributed by atoms with Crippen LogP contribution in [0.2, 0.25) is 0 Å². The van der Waals surface area contributed by atoms with Crippen molar-refractivity contribution in [3.63, 3.8) is 0 Å². The summed E-state index contributed by atoms with van der Waals surface area (Å²) in [7, 11) is 0. The number of hydrogen-bond acceptors (Lipinski definition) is 2. The molecule has 0 saturated carbocycles. The van der Waals surface area contributed by atoms with E-state index in [0.717, 1.165) is 20.9 Å². The second-order valence-corrected chi connectivity index (χ2v) is 4.81. The number of benzene rings is 2. The topological polar surface area (TPSA) is 17.1 Å². The van der Waals surface area contributed by atoms with Gasteiger partial charge in [0.05, 0.1) is 5.92 Å². The van der Waals surface area contributed by atoms with Gasteiger partial charge in [0.25, 0.3) is 0 Å². The Hall–Kier alpha value is -1.54. The van der Waals surface area contributed by atoms with E-state index in [-0.39, 0.29) is 5.92 Å². The van der Waals surface area contributed by atoms with E-state index in [1.54, 1.807) is 11.8 Å². The van der Waals surface area contributed by atoms with Gasteiger partial charge in [-0.1, -0.05) is 48.2 Å². The summed E-state index contributed by atoms with van der Waals surface area (Å²) in [6, 6.07) is 16.1.